The monoisotopic (exact) mass is 1330 g/mol. The number of hydrogen-bond donors (Lipinski definition) is 3. The Bertz CT molecular complexity index is 1920. The molecule has 0 radical (unpaired) electrons. The van der Waals surface area contributed by atoms with Crippen molar-refractivity contribution in [2.24, 2.45) is 5.73 Å². The van der Waals surface area contributed by atoms with Crippen molar-refractivity contribution in [3.63, 3.8) is 0 Å². The van der Waals surface area contributed by atoms with E-state index in [-0.39, 0.29) is 140 Å². The highest BCUT2D eigenvalue weighted by molar-refractivity contribution is 6.74. The average molecular weight is 1330 g/mol. The molecule has 1 unspecified atom stereocenters. The molecule has 0 saturated heterocycles. The molecule has 0 aromatic heterocycles. The number of carbonyl (C=O) groups is 12. The number of ether oxygens (including phenoxy) is 12. The van der Waals surface area contributed by atoms with Gasteiger partial charge in [0.1, 0.15) is 45.2 Å². The van der Waals surface area contributed by atoms with Gasteiger partial charge in [-0.25, -0.2) is 0 Å². The van der Waals surface area contributed by atoms with Gasteiger partial charge in [0.15, 0.2) is 20.5 Å². The topological polar surface area (TPSA) is 391 Å². The van der Waals surface area contributed by atoms with Crippen LogP contribution in [0.1, 0.15) is 205 Å². The van der Waals surface area contributed by atoms with E-state index in [0.29, 0.717) is 65.0 Å². The lowest BCUT2D eigenvalue weighted by atomic mass is 10.2. The van der Waals surface area contributed by atoms with Crippen LogP contribution in [0.3, 0.4) is 0 Å². The molecule has 0 saturated carbocycles. The van der Waals surface area contributed by atoms with Gasteiger partial charge >= 0.3 is 71.6 Å². The van der Waals surface area contributed by atoms with Crippen LogP contribution in [-0.4, -0.2) is 194 Å². The van der Waals surface area contributed by atoms with Crippen LogP contribution < -0.4 is 5.73 Å². The summed E-state index contributed by atoms with van der Waals surface area (Å²) in [5.74, 6) is -5.90. The Kier molecular flexibility index (Phi) is 58.8. The van der Waals surface area contributed by atoms with E-state index in [2.05, 4.69) is 38.6 Å². The fraction of sp³-hybridized carbons (Fsp3) is 0.806. The Morgan fingerprint density at radius 1 is 0.330 bits per heavy atom. The number of aliphatic hydroxyl groups is 2. The van der Waals surface area contributed by atoms with Crippen LogP contribution in [0.5, 0.6) is 0 Å². The molecule has 29 heteroatoms. The first-order chi connectivity index (χ1) is 43.0. The minimum atomic E-state index is -1.85. The highest BCUT2D eigenvalue weighted by atomic mass is 28.4. The molecule has 530 valence electrons. The van der Waals surface area contributed by atoms with Gasteiger partial charge in [-0.2, -0.15) is 0 Å². The lowest BCUT2D eigenvalue weighted by molar-refractivity contribution is -0.167. The van der Waals surface area contributed by atoms with E-state index < -0.39 is 99.5 Å². The molecule has 0 rings (SSSR count). The van der Waals surface area contributed by atoms with E-state index in [4.69, 9.17) is 72.5 Å². The summed E-state index contributed by atoms with van der Waals surface area (Å²) in [4.78, 5) is 138. The molecule has 1 atom stereocenters. The van der Waals surface area contributed by atoms with Gasteiger partial charge in [0.05, 0.1) is 91.0 Å². The maximum absolute atomic E-state index is 11.9. The summed E-state index contributed by atoms with van der Waals surface area (Å²) in [7, 11) is -1.85. The summed E-state index contributed by atoms with van der Waals surface area (Å²) >= 11 is 0. The normalized spacial score (nSPS) is 11.1. The Hall–Kier alpha value is -6.30. The Morgan fingerprint density at radius 2 is 0.571 bits per heavy atom. The van der Waals surface area contributed by atoms with Crippen LogP contribution in [-0.2, 0) is 119 Å². The lowest BCUT2D eigenvalue weighted by Gasteiger charge is -2.37. The molecular formula is C62H111NO27Si. The van der Waals surface area contributed by atoms with Crippen LogP contribution in [0.4, 0.5) is 0 Å². The Morgan fingerprint density at radius 3 is 0.802 bits per heavy atom. The zero-order valence-electron chi connectivity index (χ0n) is 56.6. The van der Waals surface area contributed by atoms with Gasteiger partial charge < -0.3 is 77.2 Å². The van der Waals surface area contributed by atoms with Crippen molar-refractivity contribution in [2.45, 2.75) is 247 Å². The molecule has 28 nitrogen and oxygen atoms in total. The molecular weight excluding hydrogens is 1220 g/mol. The highest BCUT2D eigenvalue weighted by Gasteiger charge is 2.38. The standard InChI is InChI=1S/C18H30O8.C17H29NO8.C17H34O5Si.C10H18O6/c1-4-7-15(19)24-12-14(13-25-16(20)8-5-2)26-18(22)10-9-17(21)23-11-6-3;1-3-5-14(19)24-11-13(12-25-15(20)6-4-2)26-17(22)8-7-16(21)23-10-9-18;1-8-12-20-15(18)10-11-16(19)22-14(9-2)13-21-23(6,7)17(3,4)5;1-2-5-15-9(13)3-4-10(14)16-8(6-11)7-12/h14H,4-13H2,1-3H3;13H,3-12,18H2,1-2H3;14H,8-13H2,1-7H3;8,11-12H,2-7H2,1H3. The van der Waals surface area contributed by atoms with Crippen molar-refractivity contribution >= 4 is 79.9 Å². The van der Waals surface area contributed by atoms with Crippen molar-refractivity contribution < 1.29 is 129 Å². The maximum Gasteiger partial charge on any atom is 0.306 e. The van der Waals surface area contributed by atoms with Crippen molar-refractivity contribution in [3.05, 3.63) is 0 Å². The first kappa shape index (κ1) is 91.1. The van der Waals surface area contributed by atoms with Gasteiger partial charge in [0.25, 0.3) is 0 Å². The quantitative estimate of drug-likeness (QED) is 0.0318. The van der Waals surface area contributed by atoms with Gasteiger partial charge in [-0.3, -0.25) is 57.5 Å². The van der Waals surface area contributed by atoms with Gasteiger partial charge in [-0.1, -0.05) is 76.2 Å². The smallest absolute Gasteiger partial charge is 0.306 e. The number of nitrogens with two attached hydrogens (primary N) is 1. The van der Waals surface area contributed by atoms with Crippen molar-refractivity contribution in [3.8, 4) is 0 Å². The molecule has 0 aromatic rings. The van der Waals surface area contributed by atoms with Gasteiger partial charge in [-0.05, 0) is 69.5 Å². The second kappa shape index (κ2) is 58.8. The zero-order chi connectivity index (χ0) is 70.1. The third-order valence-electron chi connectivity index (χ3n) is 11.9. The van der Waals surface area contributed by atoms with E-state index in [9.17, 15) is 57.5 Å². The van der Waals surface area contributed by atoms with Crippen LogP contribution in [0, 0.1) is 0 Å². The minimum Gasteiger partial charge on any atom is -0.466 e. The largest absolute Gasteiger partial charge is 0.466 e. The van der Waals surface area contributed by atoms with Crippen molar-refractivity contribution in [1.82, 2.24) is 0 Å². The first-order valence-electron chi connectivity index (χ1n) is 31.6. The number of hydrogen-bond acceptors (Lipinski definition) is 28. The molecule has 0 bridgehead atoms. The number of aliphatic hydroxyl groups excluding tert-OH is 2. The average Bonchev–Trinajstić information content (AvgIpc) is 1.23. The van der Waals surface area contributed by atoms with Crippen LogP contribution >= 0.6 is 0 Å². The van der Waals surface area contributed by atoms with Crippen molar-refractivity contribution in [2.75, 3.05) is 79.2 Å². The summed E-state index contributed by atoms with van der Waals surface area (Å²) in [5, 5.41) is 17.4. The van der Waals surface area contributed by atoms with Gasteiger partial charge in [-0.15, -0.1) is 0 Å². The fourth-order valence-corrected chi connectivity index (χ4v) is 6.91. The van der Waals surface area contributed by atoms with Crippen molar-refractivity contribution in [1.29, 1.82) is 0 Å². The fourth-order valence-electron chi connectivity index (χ4n) is 5.87. The molecule has 0 aliphatic rings. The molecule has 0 spiro atoms. The molecule has 4 N–H and O–H groups in total. The molecule has 0 aliphatic carbocycles. The Labute approximate surface area is 539 Å². The van der Waals surface area contributed by atoms with Crippen LogP contribution in [0.15, 0.2) is 0 Å². The second-order valence-corrected chi connectivity index (χ2v) is 26.5. The van der Waals surface area contributed by atoms with Crippen LogP contribution in [0.25, 0.3) is 0 Å². The summed E-state index contributed by atoms with van der Waals surface area (Å²) in [6.45, 7) is 25.8. The molecule has 0 aliphatic heterocycles. The summed E-state index contributed by atoms with van der Waals surface area (Å²) in [6, 6.07) is 0. The second-order valence-electron chi connectivity index (χ2n) is 21.7. The maximum atomic E-state index is 11.9. The third kappa shape index (κ3) is 57.3. The molecule has 91 heavy (non-hydrogen) atoms. The van der Waals surface area contributed by atoms with E-state index in [0.717, 1.165) is 12.8 Å². The van der Waals surface area contributed by atoms with Crippen LogP contribution in [0.2, 0.25) is 18.1 Å². The van der Waals surface area contributed by atoms with E-state index in [1.54, 1.807) is 0 Å². The number of carbonyl (C=O) groups excluding carboxylic acids is 12. The number of rotatable bonds is 46. The van der Waals surface area contributed by atoms with E-state index in [1.807, 2.05) is 55.4 Å². The Balaban J connectivity index is -0.000000562. The van der Waals surface area contributed by atoms with Gasteiger partial charge in [0, 0.05) is 32.2 Å². The molecule has 0 aromatic carbocycles. The summed E-state index contributed by atoms with van der Waals surface area (Å²) in [5.41, 5.74) is 5.21. The lowest BCUT2D eigenvalue weighted by Crippen LogP contribution is -2.43. The first-order valence-corrected chi connectivity index (χ1v) is 34.5. The van der Waals surface area contributed by atoms with E-state index >= 15 is 0 Å². The SMILES string of the molecule is CCCC(=O)OCC(COC(=O)CCC)OC(=O)CCC(=O)OCCN.CCCOC(=O)CCC(=O)OC(CC)CO[Si](C)(C)C(C)(C)C.CCCOC(=O)CCC(=O)OC(CO)CO.CCCOC(=O)CCC(=O)OC(COC(=O)CCC)COC(=O)CCC. The predicted molar refractivity (Wildman–Crippen MR) is 331 cm³/mol. The summed E-state index contributed by atoms with van der Waals surface area (Å²) in [6.07, 6.45) is 2.72. The molecule has 0 amide bonds. The van der Waals surface area contributed by atoms with Gasteiger partial charge in [0.2, 0.25) is 0 Å². The molecule has 0 heterocycles. The summed E-state index contributed by atoms with van der Waals surface area (Å²) < 4.78 is 65.8. The third-order valence-corrected chi connectivity index (χ3v) is 16.4. The molecule has 0 fully saturated rings. The van der Waals surface area contributed by atoms with E-state index in [1.165, 1.54) is 0 Å². The highest BCUT2D eigenvalue weighted by Crippen LogP contribution is 2.36. The minimum absolute atomic E-state index is 0.0532. The predicted octanol–water partition coefficient (Wildman–Crippen LogP) is 6.86. The zero-order valence-corrected chi connectivity index (χ0v) is 57.6. The number of esters is 12.